The van der Waals surface area contributed by atoms with Crippen LogP contribution in [0.3, 0.4) is 0 Å². The summed E-state index contributed by atoms with van der Waals surface area (Å²) in [6, 6.07) is 7.97. The van der Waals surface area contributed by atoms with Crippen LogP contribution in [0.25, 0.3) is 10.9 Å². The number of hydrogen-bond donors (Lipinski definition) is 1. The SMILES string of the molecule is CCCCCCCCC(=O)OC1CCc2nc3ccccc3c(N)c2C1. The van der Waals surface area contributed by atoms with Crippen LogP contribution in [0.5, 0.6) is 0 Å². The predicted molar refractivity (Wildman–Crippen MR) is 106 cm³/mol. The van der Waals surface area contributed by atoms with Crippen molar-refractivity contribution in [2.75, 3.05) is 5.73 Å². The normalized spacial score (nSPS) is 16.4. The van der Waals surface area contributed by atoms with Gasteiger partial charge >= 0.3 is 5.97 Å². The Bertz CT molecular complexity index is 757. The van der Waals surface area contributed by atoms with Crippen molar-refractivity contribution >= 4 is 22.6 Å². The number of aromatic nitrogens is 1. The minimum atomic E-state index is -0.0691. The second kappa shape index (κ2) is 9.02. The molecule has 140 valence electrons. The Balaban J connectivity index is 1.53. The third kappa shape index (κ3) is 4.54. The van der Waals surface area contributed by atoms with Crippen molar-refractivity contribution in [3.05, 3.63) is 35.5 Å². The monoisotopic (exact) mass is 354 g/mol. The summed E-state index contributed by atoms with van der Waals surface area (Å²) in [6.45, 7) is 2.21. The van der Waals surface area contributed by atoms with Gasteiger partial charge in [-0.15, -0.1) is 0 Å². The first-order valence-electron chi connectivity index (χ1n) is 10.0. The molecule has 2 N–H and O–H groups in total. The molecule has 1 atom stereocenters. The summed E-state index contributed by atoms with van der Waals surface area (Å²) in [7, 11) is 0. The molecule has 3 rings (SSSR count). The largest absolute Gasteiger partial charge is 0.462 e. The number of ether oxygens (including phenoxy) is 1. The van der Waals surface area contributed by atoms with Gasteiger partial charge in [0.15, 0.2) is 0 Å². The Kier molecular flexibility index (Phi) is 6.48. The van der Waals surface area contributed by atoms with Crippen molar-refractivity contribution < 1.29 is 9.53 Å². The standard InChI is InChI=1S/C22H30N2O2/c1-2-3-4-5-6-7-12-21(25)26-16-13-14-20-18(15-16)22(23)17-10-8-9-11-19(17)24-20/h8-11,16H,2-7,12-15H2,1H3,(H2,23,24). The lowest BCUT2D eigenvalue weighted by Gasteiger charge is -2.26. The van der Waals surface area contributed by atoms with E-state index in [-0.39, 0.29) is 12.1 Å². The van der Waals surface area contributed by atoms with Gasteiger partial charge in [0.25, 0.3) is 0 Å². The zero-order chi connectivity index (χ0) is 18.4. The number of fused-ring (bicyclic) bond motifs is 2. The van der Waals surface area contributed by atoms with Crippen LogP contribution in [0.2, 0.25) is 0 Å². The van der Waals surface area contributed by atoms with E-state index >= 15 is 0 Å². The maximum Gasteiger partial charge on any atom is 0.306 e. The Morgan fingerprint density at radius 3 is 2.81 bits per heavy atom. The lowest BCUT2D eigenvalue weighted by molar-refractivity contribution is -0.149. The van der Waals surface area contributed by atoms with E-state index in [0.29, 0.717) is 12.8 Å². The zero-order valence-electron chi connectivity index (χ0n) is 15.8. The minimum absolute atomic E-state index is 0.0683. The molecule has 4 nitrogen and oxygen atoms in total. The molecule has 0 spiro atoms. The van der Waals surface area contributed by atoms with E-state index in [1.807, 2.05) is 24.3 Å². The van der Waals surface area contributed by atoms with E-state index in [1.165, 1.54) is 25.7 Å². The average Bonchev–Trinajstić information content (AvgIpc) is 2.65. The van der Waals surface area contributed by atoms with Crippen LogP contribution in [-0.4, -0.2) is 17.1 Å². The number of benzene rings is 1. The lowest BCUT2D eigenvalue weighted by Crippen LogP contribution is -2.27. The van der Waals surface area contributed by atoms with E-state index in [9.17, 15) is 4.79 Å². The summed E-state index contributed by atoms with van der Waals surface area (Å²) >= 11 is 0. The highest BCUT2D eigenvalue weighted by Gasteiger charge is 2.25. The third-order valence-electron chi connectivity index (χ3n) is 5.29. The molecular weight excluding hydrogens is 324 g/mol. The molecular formula is C22H30N2O2. The highest BCUT2D eigenvalue weighted by molar-refractivity contribution is 5.92. The molecule has 1 aromatic heterocycles. The van der Waals surface area contributed by atoms with Crippen molar-refractivity contribution in [3.8, 4) is 0 Å². The molecule has 1 aliphatic rings. The summed E-state index contributed by atoms with van der Waals surface area (Å²) in [5.74, 6) is -0.0683. The van der Waals surface area contributed by atoms with Crippen molar-refractivity contribution in [3.63, 3.8) is 0 Å². The molecule has 1 heterocycles. The van der Waals surface area contributed by atoms with Gasteiger partial charge in [0.2, 0.25) is 0 Å². The summed E-state index contributed by atoms with van der Waals surface area (Å²) in [6.07, 6.45) is 9.86. The van der Waals surface area contributed by atoms with Crippen molar-refractivity contribution in [1.29, 1.82) is 0 Å². The number of unbranched alkanes of at least 4 members (excludes halogenated alkanes) is 5. The summed E-state index contributed by atoms with van der Waals surface area (Å²) in [4.78, 5) is 16.9. The molecule has 0 fully saturated rings. The molecule has 0 saturated carbocycles. The molecule has 26 heavy (non-hydrogen) atoms. The van der Waals surface area contributed by atoms with Crippen molar-refractivity contribution in [1.82, 2.24) is 4.98 Å². The molecule has 0 saturated heterocycles. The molecule has 1 aliphatic carbocycles. The van der Waals surface area contributed by atoms with Crippen LogP contribution in [0.4, 0.5) is 5.69 Å². The van der Waals surface area contributed by atoms with Gasteiger partial charge in [0, 0.05) is 35.2 Å². The second-order valence-corrected chi connectivity index (χ2v) is 7.34. The van der Waals surface area contributed by atoms with E-state index in [1.54, 1.807) is 0 Å². The minimum Gasteiger partial charge on any atom is -0.462 e. The van der Waals surface area contributed by atoms with Gasteiger partial charge in [-0.3, -0.25) is 9.78 Å². The molecule has 0 bridgehead atoms. The molecule has 0 radical (unpaired) electrons. The van der Waals surface area contributed by atoms with Crippen LogP contribution < -0.4 is 5.73 Å². The van der Waals surface area contributed by atoms with Crippen LogP contribution in [-0.2, 0) is 22.4 Å². The van der Waals surface area contributed by atoms with E-state index in [4.69, 9.17) is 15.5 Å². The number of nitrogen functional groups attached to an aromatic ring is 1. The first-order chi connectivity index (χ1) is 12.7. The molecule has 0 aliphatic heterocycles. The number of rotatable bonds is 8. The first-order valence-corrected chi connectivity index (χ1v) is 10.0. The van der Waals surface area contributed by atoms with Gasteiger partial charge < -0.3 is 10.5 Å². The number of aryl methyl sites for hydroxylation is 1. The topological polar surface area (TPSA) is 65.2 Å². The molecule has 4 heteroatoms. The van der Waals surface area contributed by atoms with E-state index < -0.39 is 0 Å². The van der Waals surface area contributed by atoms with Crippen molar-refractivity contribution in [2.24, 2.45) is 0 Å². The fourth-order valence-corrected chi connectivity index (χ4v) is 3.79. The second-order valence-electron chi connectivity index (χ2n) is 7.34. The van der Waals surface area contributed by atoms with Crippen LogP contribution in [0.1, 0.15) is 69.5 Å². The maximum atomic E-state index is 12.1. The zero-order valence-corrected chi connectivity index (χ0v) is 15.8. The number of esters is 1. The smallest absolute Gasteiger partial charge is 0.306 e. The fraction of sp³-hybridized carbons (Fsp3) is 0.545. The number of anilines is 1. The Morgan fingerprint density at radius 1 is 1.19 bits per heavy atom. The van der Waals surface area contributed by atoms with Gasteiger partial charge in [-0.1, -0.05) is 57.2 Å². The summed E-state index contributed by atoms with van der Waals surface area (Å²) < 4.78 is 5.72. The Labute approximate surface area is 156 Å². The lowest BCUT2D eigenvalue weighted by atomic mass is 9.91. The van der Waals surface area contributed by atoms with Gasteiger partial charge in [0.05, 0.1) is 5.52 Å². The quantitative estimate of drug-likeness (QED) is 0.537. The fourth-order valence-electron chi connectivity index (χ4n) is 3.79. The number of pyridine rings is 1. The third-order valence-corrected chi connectivity index (χ3v) is 5.29. The number of nitrogens with zero attached hydrogens (tertiary/aromatic N) is 1. The molecule has 2 aromatic rings. The number of hydrogen-bond acceptors (Lipinski definition) is 4. The van der Waals surface area contributed by atoms with Crippen LogP contribution in [0.15, 0.2) is 24.3 Å². The molecule has 0 amide bonds. The van der Waals surface area contributed by atoms with E-state index in [0.717, 1.165) is 53.5 Å². The number of carbonyl (C=O) groups is 1. The van der Waals surface area contributed by atoms with Crippen LogP contribution in [0, 0.1) is 0 Å². The van der Waals surface area contributed by atoms with Crippen molar-refractivity contribution in [2.45, 2.75) is 77.2 Å². The van der Waals surface area contributed by atoms with Crippen LogP contribution >= 0.6 is 0 Å². The number of nitrogens with two attached hydrogens (primary N) is 1. The summed E-state index contributed by atoms with van der Waals surface area (Å²) in [5, 5.41) is 0.991. The Morgan fingerprint density at radius 2 is 1.96 bits per heavy atom. The van der Waals surface area contributed by atoms with Gasteiger partial charge in [-0.2, -0.15) is 0 Å². The number of para-hydroxylation sites is 1. The summed E-state index contributed by atoms with van der Waals surface area (Å²) in [5.41, 5.74) is 10.3. The molecule has 1 aromatic carbocycles. The Hall–Kier alpha value is -2.10. The first kappa shape index (κ1) is 18.7. The maximum absolute atomic E-state index is 12.1. The van der Waals surface area contributed by atoms with Gasteiger partial charge in [-0.25, -0.2) is 0 Å². The number of carbonyl (C=O) groups excluding carboxylic acids is 1. The van der Waals surface area contributed by atoms with Gasteiger partial charge in [0.1, 0.15) is 6.10 Å². The van der Waals surface area contributed by atoms with E-state index in [2.05, 4.69) is 6.92 Å². The molecule has 1 unspecified atom stereocenters. The highest BCUT2D eigenvalue weighted by Crippen LogP contribution is 2.32. The van der Waals surface area contributed by atoms with Gasteiger partial charge in [-0.05, 0) is 25.3 Å². The average molecular weight is 354 g/mol. The predicted octanol–water partition coefficient (Wildman–Crippen LogP) is 4.97. The highest BCUT2D eigenvalue weighted by atomic mass is 16.5.